The van der Waals surface area contributed by atoms with E-state index < -0.39 is 0 Å². The van der Waals surface area contributed by atoms with Gasteiger partial charge >= 0.3 is 0 Å². The fraction of sp³-hybridized carbons (Fsp3) is 0.412. The Labute approximate surface area is 139 Å². The molecule has 0 bridgehead atoms. The van der Waals surface area contributed by atoms with Gasteiger partial charge in [-0.1, -0.05) is 23.9 Å². The molecular formula is C17H18N4OS. The highest BCUT2D eigenvalue weighted by molar-refractivity contribution is 7.99. The monoisotopic (exact) mass is 326 g/mol. The summed E-state index contributed by atoms with van der Waals surface area (Å²) < 4.78 is 1.67. The van der Waals surface area contributed by atoms with E-state index >= 15 is 0 Å². The smallest absolute Gasteiger partial charge is 0.262 e. The van der Waals surface area contributed by atoms with Crippen molar-refractivity contribution in [2.24, 2.45) is 5.92 Å². The Morgan fingerprint density at radius 3 is 2.70 bits per heavy atom. The lowest BCUT2D eigenvalue weighted by Gasteiger charge is -2.16. The fourth-order valence-corrected chi connectivity index (χ4v) is 3.47. The van der Waals surface area contributed by atoms with Crippen LogP contribution < -0.4 is 5.56 Å². The van der Waals surface area contributed by atoms with E-state index in [-0.39, 0.29) is 17.5 Å². The van der Waals surface area contributed by atoms with Crippen LogP contribution in [0.1, 0.15) is 32.7 Å². The van der Waals surface area contributed by atoms with E-state index in [1.54, 1.807) is 10.6 Å². The molecule has 0 saturated heterocycles. The molecule has 2 aromatic rings. The van der Waals surface area contributed by atoms with Crippen LogP contribution in [-0.2, 0) is 0 Å². The molecule has 0 aliphatic carbocycles. The molecule has 2 rings (SSSR count). The minimum Gasteiger partial charge on any atom is -0.285 e. The third-order valence-electron chi connectivity index (χ3n) is 3.49. The number of rotatable bonds is 6. The summed E-state index contributed by atoms with van der Waals surface area (Å²) >= 11 is 1.41. The number of para-hydroxylation sites is 1. The van der Waals surface area contributed by atoms with Crippen LogP contribution >= 0.6 is 11.8 Å². The molecule has 0 saturated carbocycles. The number of nitriles is 2. The highest BCUT2D eigenvalue weighted by Gasteiger charge is 2.16. The number of fused-ring (bicyclic) bond motifs is 1. The SMILES string of the molecule is CC(C)n1c(SC[C@@H](C#N)CCC#N)nc2ccccc2c1=O. The van der Waals surface area contributed by atoms with Crippen molar-refractivity contribution < 1.29 is 0 Å². The summed E-state index contributed by atoms with van der Waals surface area (Å²) in [7, 11) is 0. The second kappa shape index (κ2) is 7.80. The van der Waals surface area contributed by atoms with Crippen molar-refractivity contribution in [1.29, 1.82) is 10.5 Å². The van der Waals surface area contributed by atoms with Gasteiger partial charge in [0.1, 0.15) is 0 Å². The second-order valence-corrected chi connectivity index (χ2v) is 6.50. The summed E-state index contributed by atoms with van der Waals surface area (Å²) in [5.74, 6) is 0.305. The Balaban J connectivity index is 2.36. The lowest BCUT2D eigenvalue weighted by Crippen LogP contribution is -2.25. The molecular weight excluding hydrogens is 308 g/mol. The van der Waals surface area contributed by atoms with E-state index in [0.717, 1.165) is 0 Å². The van der Waals surface area contributed by atoms with Gasteiger partial charge in [-0.2, -0.15) is 10.5 Å². The molecule has 5 nitrogen and oxygen atoms in total. The molecule has 0 unspecified atom stereocenters. The van der Waals surface area contributed by atoms with Crippen molar-refractivity contribution in [2.75, 3.05) is 5.75 Å². The normalized spacial score (nSPS) is 12.0. The van der Waals surface area contributed by atoms with Crippen molar-refractivity contribution in [1.82, 2.24) is 9.55 Å². The highest BCUT2D eigenvalue weighted by atomic mass is 32.2. The first-order valence-electron chi connectivity index (χ1n) is 7.49. The number of benzene rings is 1. The van der Waals surface area contributed by atoms with E-state index in [9.17, 15) is 10.1 Å². The summed E-state index contributed by atoms with van der Waals surface area (Å²) in [6.07, 6.45) is 0.903. The van der Waals surface area contributed by atoms with Gasteiger partial charge in [0.25, 0.3) is 5.56 Å². The van der Waals surface area contributed by atoms with Crippen LogP contribution in [0.15, 0.2) is 34.2 Å². The molecule has 1 aromatic carbocycles. The molecule has 0 aliphatic heterocycles. The molecule has 0 spiro atoms. The summed E-state index contributed by atoms with van der Waals surface area (Å²) in [6, 6.07) is 11.6. The van der Waals surface area contributed by atoms with Crippen molar-refractivity contribution in [3.63, 3.8) is 0 Å². The minimum absolute atomic E-state index is 0.0123. The number of hydrogen-bond donors (Lipinski definition) is 0. The van der Waals surface area contributed by atoms with Gasteiger partial charge in [-0.05, 0) is 32.4 Å². The Bertz CT molecular complexity index is 829. The molecule has 0 amide bonds. The van der Waals surface area contributed by atoms with Crippen molar-refractivity contribution in [2.45, 2.75) is 37.9 Å². The number of thioether (sulfide) groups is 1. The predicted octanol–water partition coefficient (Wildman–Crippen LogP) is 3.51. The topological polar surface area (TPSA) is 82.5 Å². The maximum absolute atomic E-state index is 12.7. The van der Waals surface area contributed by atoms with E-state index in [1.807, 2.05) is 32.0 Å². The third-order valence-corrected chi connectivity index (χ3v) is 4.61. The maximum atomic E-state index is 12.7. The van der Waals surface area contributed by atoms with Gasteiger partial charge < -0.3 is 0 Å². The Morgan fingerprint density at radius 1 is 1.30 bits per heavy atom. The molecule has 118 valence electrons. The van der Waals surface area contributed by atoms with E-state index in [4.69, 9.17) is 5.26 Å². The molecule has 6 heteroatoms. The number of nitrogens with zero attached hydrogens (tertiary/aromatic N) is 4. The lowest BCUT2D eigenvalue weighted by atomic mass is 10.1. The zero-order valence-electron chi connectivity index (χ0n) is 13.2. The lowest BCUT2D eigenvalue weighted by molar-refractivity contribution is 0.518. The molecule has 0 aliphatic rings. The van der Waals surface area contributed by atoms with E-state index in [1.165, 1.54) is 11.8 Å². The molecule has 1 heterocycles. The van der Waals surface area contributed by atoms with Gasteiger partial charge in [0, 0.05) is 18.2 Å². The number of hydrogen-bond acceptors (Lipinski definition) is 5. The highest BCUT2D eigenvalue weighted by Crippen LogP contribution is 2.24. The van der Waals surface area contributed by atoms with Crippen LogP contribution in [0.5, 0.6) is 0 Å². The van der Waals surface area contributed by atoms with Crippen LogP contribution in [0.2, 0.25) is 0 Å². The predicted molar refractivity (Wildman–Crippen MR) is 91.1 cm³/mol. The molecule has 0 radical (unpaired) electrons. The van der Waals surface area contributed by atoms with Gasteiger partial charge in [-0.3, -0.25) is 9.36 Å². The third kappa shape index (κ3) is 3.91. The quantitative estimate of drug-likeness (QED) is 0.599. The first-order chi connectivity index (χ1) is 11.1. The Hall–Kier alpha value is -2.31. The average Bonchev–Trinajstić information content (AvgIpc) is 2.54. The number of aromatic nitrogens is 2. The average molecular weight is 326 g/mol. The summed E-state index contributed by atoms with van der Waals surface area (Å²) in [4.78, 5) is 17.3. The van der Waals surface area contributed by atoms with Crippen molar-refractivity contribution in [3.05, 3.63) is 34.6 Å². The van der Waals surface area contributed by atoms with Crippen LogP contribution in [0.3, 0.4) is 0 Å². The van der Waals surface area contributed by atoms with E-state index in [2.05, 4.69) is 17.1 Å². The van der Waals surface area contributed by atoms with Crippen LogP contribution in [0.4, 0.5) is 0 Å². The van der Waals surface area contributed by atoms with Crippen LogP contribution in [0.25, 0.3) is 10.9 Å². The van der Waals surface area contributed by atoms with Gasteiger partial charge in [0.2, 0.25) is 0 Å². The fourth-order valence-electron chi connectivity index (χ4n) is 2.28. The molecule has 1 atom stereocenters. The minimum atomic E-state index is -0.219. The zero-order chi connectivity index (χ0) is 16.8. The zero-order valence-corrected chi connectivity index (χ0v) is 14.0. The van der Waals surface area contributed by atoms with Crippen molar-refractivity contribution >= 4 is 22.7 Å². The van der Waals surface area contributed by atoms with Crippen LogP contribution in [-0.4, -0.2) is 15.3 Å². The second-order valence-electron chi connectivity index (χ2n) is 5.51. The van der Waals surface area contributed by atoms with Gasteiger partial charge in [-0.15, -0.1) is 0 Å². The van der Waals surface area contributed by atoms with Gasteiger partial charge in [0.15, 0.2) is 5.16 Å². The molecule has 0 fully saturated rings. The van der Waals surface area contributed by atoms with E-state index in [0.29, 0.717) is 34.7 Å². The molecule has 23 heavy (non-hydrogen) atoms. The summed E-state index contributed by atoms with van der Waals surface area (Å²) in [5, 5.41) is 19.0. The summed E-state index contributed by atoms with van der Waals surface area (Å²) in [6.45, 7) is 3.89. The van der Waals surface area contributed by atoms with Gasteiger partial charge in [-0.25, -0.2) is 4.98 Å². The molecule has 0 N–H and O–H groups in total. The summed E-state index contributed by atoms with van der Waals surface area (Å²) in [5.41, 5.74) is 0.612. The first kappa shape index (κ1) is 17.1. The Morgan fingerprint density at radius 2 is 2.04 bits per heavy atom. The van der Waals surface area contributed by atoms with Gasteiger partial charge in [0.05, 0.1) is 29.0 Å². The molecule has 1 aromatic heterocycles. The maximum Gasteiger partial charge on any atom is 0.262 e. The first-order valence-corrected chi connectivity index (χ1v) is 8.47. The van der Waals surface area contributed by atoms with Crippen molar-refractivity contribution in [3.8, 4) is 12.1 Å². The standard InChI is InChI=1S/C17H18N4OS/c1-12(2)21-16(22)14-7-3-4-8-15(14)20-17(21)23-11-13(10-19)6-5-9-18/h3-4,7-8,12-13H,5-6,11H2,1-2H3/t13-/m1/s1. The largest absolute Gasteiger partial charge is 0.285 e. The van der Waals surface area contributed by atoms with Crippen LogP contribution in [0, 0.1) is 28.6 Å². The Kier molecular flexibility index (Phi) is 5.78.